The van der Waals surface area contributed by atoms with Crippen molar-refractivity contribution in [2.75, 3.05) is 0 Å². The molecule has 0 spiro atoms. The largest absolute Gasteiger partial charge is 0.300 e. The summed E-state index contributed by atoms with van der Waals surface area (Å²) >= 11 is 5.04. The van der Waals surface area contributed by atoms with Gasteiger partial charge in [-0.3, -0.25) is 18.9 Å². The van der Waals surface area contributed by atoms with Crippen molar-refractivity contribution in [1.29, 1.82) is 0 Å². The number of nitrogens with one attached hydrogen (secondary N) is 1. The van der Waals surface area contributed by atoms with Gasteiger partial charge in [0, 0.05) is 18.1 Å². The summed E-state index contributed by atoms with van der Waals surface area (Å²) in [4.78, 5) is 12.4. The summed E-state index contributed by atoms with van der Waals surface area (Å²) in [5, 5.41) is 6.58. The van der Waals surface area contributed by atoms with Crippen molar-refractivity contribution in [1.82, 2.24) is 19.2 Å². The number of H-pyrrole nitrogens is 1. The van der Waals surface area contributed by atoms with E-state index in [4.69, 9.17) is 12.2 Å². The molecule has 3 aromatic rings. The van der Waals surface area contributed by atoms with Crippen LogP contribution in [0, 0.1) is 18.6 Å². The van der Waals surface area contributed by atoms with Crippen molar-refractivity contribution in [2.45, 2.75) is 13.8 Å². The molecule has 0 saturated heterocycles. The number of nitrogens with zero attached hydrogens (tertiary/aromatic N) is 3. The van der Waals surface area contributed by atoms with E-state index in [1.807, 2.05) is 26.0 Å². The first-order valence-electron chi connectivity index (χ1n) is 5.83. The van der Waals surface area contributed by atoms with Gasteiger partial charge in [0.2, 0.25) is 5.65 Å². The van der Waals surface area contributed by atoms with Crippen molar-refractivity contribution in [3.8, 4) is 5.69 Å². The quantitative estimate of drug-likeness (QED) is 0.691. The van der Waals surface area contributed by atoms with Crippen LogP contribution in [0.3, 0.4) is 0 Å². The number of rotatable bonds is 1. The van der Waals surface area contributed by atoms with Gasteiger partial charge in [-0.1, -0.05) is 6.07 Å². The molecule has 0 aliphatic rings. The number of aryl methyl sites for hydroxylation is 2. The van der Waals surface area contributed by atoms with Gasteiger partial charge >= 0.3 is 5.56 Å². The fraction of sp³-hybridized carbons (Fsp3) is 0.154. The average molecular weight is 272 g/mol. The van der Waals surface area contributed by atoms with Crippen LogP contribution >= 0.6 is 12.2 Å². The monoisotopic (exact) mass is 272 g/mol. The lowest BCUT2D eigenvalue weighted by molar-refractivity contribution is 0.943. The minimum Gasteiger partial charge on any atom is -0.280 e. The van der Waals surface area contributed by atoms with Crippen LogP contribution in [0.25, 0.3) is 11.3 Å². The smallest absolute Gasteiger partial charge is 0.280 e. The second-order valence-corrected chi connectivity index (χ2v) is 4.93. The minimum atomic E-state index is -0.195. The summed E-state index contributed by atoms with van der Waals surface area (Å²) in [7, 11) is 0. The number of aromatic nitrogens is 4. The molecule has 0 amide bonds. The molecular weight excluding hydrogens is 260 g/mol. The Bertz CT molecular complexity index is 867. The van der Waals surface area contributed by atoms with Gasteiger partial charge in [0.05, 0.1) is 0 Å². The van der Waals surface area contributed by atoms with Crippen LogP contribution in [0.1, 0.15) is 11.1 Å². The van der Waals surface area contributed by atoms with Gasteiger partial charge in [-0.05, 0) is 49.3 Å². The van der Waals surface area contributed by atoms with Crippen molar-refractivity contribution in [3.05, 3.63) is 56.8 Å². The molecule has 5 nitrogen and oxygen atoms in total. The zero-order chi connectivity index (χ0) is 13.6. The van der Waals surface area contributed by atoms with Crippen LogP contribution in [0.15, 0.2) is 35.4 Å². The lowest BCUT2D eigenvalue weighted by Gasteiger charge is -2.08. The lowest BCUT2D eigenvalue weighted by Crippen LogP contribution is -2.20. The van der Waals surface area contributed by atoms with E-state index in [1.165, 1.54) is 0 Å². The molecule has 0 bridgehead atoms. The Labute approximate surface area is 114 Å². The lowest BCUT2D eigenvalue weighted by atomic mass is 10.1. The topological polar surface area (TPSA) is 55.1 Å². The molecule has 6 heteroatoms. The number of benzene rings is 1. The van der Waals surface area contributed by atoms with Gasteiger partial charge in [-0.15, -0.1) is 5.10 Å². The molecule has 0 unspecified atom stereocenters. The van der Waals surface area contributed by atoms with Gasteiger partial charge in [0.15, 0.2) is 4.77 Å². The average Bonchev–Trinajstić information content (AvgIpc) is 2.71. The summed E-state index contributed by atoms with van der Waals surface area (Å²) in [6, 6.07) is 6.00. The maximum absolute atomic E-state index is 12.4. The van der Waals surface area contributed by atoms with Gasteiger partial charge < -0.3 is 0 Å². The highest BCUT2D eigenvalue weighted by Crippen LogP contribution is 2.12. The Morgan fingerprint density at radius 2 is 1.84 bits per heavy atom. The van der Waals surface area contributed by atoms with E-state index in [9.17, 15) is 4.79 Å². The predicted molar refractivity (Wildman–Crippen MR) is 75.4 cm³/mol. The first-order chi connectivity index (χ1) is 9.06. The molecular formula is C13H12N4OS. The standard InChI is InChI=1S/C13H12N4OS/c1-8-5-9(2)7-10(6-8)16-3-4-17-11(12(16)18)14-15-13(17)19/h3-7H,1-2H3,(H,15,19). The van der Waals surface area contributed by atoms with Crippen LogP contribution < -0.4 is 5.56 Å². The maximum atomic E-state index is 12.4. The first kappa shape index (κ1) is 11.9. The molecule has 0 atom stereocenters. The zero-order valence-corrected chi connectivity index (χ0v) is 11.4. The Hall–Kier alpha value is -2.21. The zero-order valence-electron chi connectivity index (χ0n) is 10.5. The second-order valence-electron chi connectivity index (χ2n) is 4.54. The Morgan fingerprint density at radius 1 is 1.16 bits per heavy atom. The molecule has 0 aliphatic heterocycles. The fourth-order valence-corrected chi connectivity index (χ4v) is 2.39. The normalized spacial score (nSPS) is 11.1. The Kier molecular flexibility index (Phi) is 2.60. The summed E-state index contributed by atoms with van der Waals surface area (Å²) < 4.78 is 3.56. The predicted octanol–water partition coefficient (Wildman–Crippen LogP) is 2.16. The molecule has 3 rings (SSSR count). The van der Waals surface area contributed by atoms with Crippen molar-refractivity contribution < 1.29 is 0 Å². The SMILES string of the molecule is Cc1cc(C)cc(-n2ccn3c(=S)[nH]nc3c2=O)c1. The highest BCUT2D eigenvalue weighted by Gasteiger charge is 2.07. The number of hydrogen-bond donors (Lipinski definition) is 1. The molecule has 2 aromatic heterocycles. The van der Waals surface area contributed by atoms with Crippen LogP contribution in [0.2, 0.25) is 0 Å². The summed E-state index contributed by atoms with van der Waals surface area (Å²) in [5.41, 5.74) is 3.16. The summed E-state index contributed by atoms with van der Waals surface area (Å²) in [5.74, 6) is 0. The summed E-state index contributed by atoms with van der Waals surface area (Å²) in [6.07, 6.45) is 3.44. The molecule has 0 aliphatic carbocycles. The second kappa shape index (κ2) is 4.17. The molecule has 1 N–H and O–H groups in total. The third-order valence-electron chi connectivity index (χ3n) is 2.96. The third-order valence-corrected chi connectivity index (χ3v) is 3.25. The minimum absolute atomic E-state index is 0.195. The van der Waals surface area contributed by atoms with Crippen molar-refractivity contribution >= 4 is 17.9 Å². The molecule has 1 aromatic carbocycles. The van der Waals surface area contributed by atoms with Crippen LogP contribution in [-0.2, 0) is 0 Å². The molecule has 0 saturated carbocycles. The summed E-state index contributed by atoms with van der Waals surface area (Å²) in [6.45, 7) is 4.01. The fourth-order valence-electron chi connectivity index (χ4n) is 2.20. The van der Waals surface area contributed by atoms with E-state index in [1.54, 1.807) is 21.4 Å². The van der Waals surface area contributed by atoms with Gasteiger partial charge in [-0.25, -0.2) is 0 Å². The number of hydrogen-bond acceptors (Lipinski definition) is 3. The highest BCUT2D eigenvalue weighted by atomic mass is 32.1. The Morgan fingerprint density at radius 3 is 2.53 bits per heavy atom. The van der Waals surface area contributed by atoms with E-state index in [-0.39, 0.29) is 5.56 Å². The number of aromatic amines is 1. The van der Waals surface area contributed by atoms with E-state index in [2.05, 4.69) is 16.3 Å². The van der Waals surface area contributed by atoms with Crippen molar-refractivity contribution in [2.24, 2.45) is 0 Å². The molecule has 0 radical (unpaired) electrons. The molecule has 0 fully saturated rings. The van der Waals surface area contributed by atoms with Gasteiger partial charge in [0.25, 0.3) is 0 Å². The molecule has 2 heterocycles. The van der Waals surface area contributed by atoms with E-state index >= 15 is 0 Å². The van der Waals surface area contributed by atoms with E-state index < -0.39 is 0 Å². The number of fused-ring (bicyclic) bond motifs is 1. The molecule has 19 heavy (non-hydrogen) atoms. The van der Waals surface area contributed by atoms with Crippen LogP contribution in [0.4, 0.5) is 0 Å². The Balaban J connectivity index is 2.34. The van der Waals surface area contributed by atoms with Crippen LogP contribution in [0.5, 0.6) is 0 Å². The van der Waals surface area contributed by atoms with E-state index in [0.717, 1.165) is 16.8 Å². The molecule has 96 valence electrons. The van der Waals surface area contributed by atoms with E-state index in [0.29, 0.717) is 10.4 Å². The third kappa shape index (κ3) is 1.90. The highest BCUT2D eigenvalue weighted by molar-refractivity contribution is 7.71. The van der Waals surface area contributed by atoms with Crippen LogP contribution in [-0.4, -0.2) is 19.2 Å². The van der Waals surface area contributed by atoms with Crippen molar-refractivity contribution in [3.63, 3.8) is 0 Å². The van der Waals surface area contributed by atoms with Gasteiger partial charge in [0.1, 0.15) is 0 Å². The van der Waals surface area contributed by atoms with Gasteiger partial charge in [-0.2, -0.15) is 0 Å². The first-order valence-corrected chi connectivity index (χ1v) is 6.24. The maximum Gasteiger partial charge on any atom is 0.300 e.